The summed E-state index contributed by atoms with van der Waals surface area (Å²) in [5.41, 5.74) is 5.05. The van der Waals surface area contributed by atoms with E-state index in [0.717, 1.165) is 24.0 Å². The molecule has 0 heterocycles. The second kappa shape index (κ2) is 6.86. The van der Waals surface area contributed by atoms with Crippen LogP contribution in [0.2, 0.25) is 0 Å². The molecule has 0 unspecified atom stereocenters. The molecule has 0 spiro atoms. The van der Waals surface area contributed by atoms with Crippen LogP contribution in [0, 0.1) is 5.41 Å². The number of fused-ring (bicyclic) bond motifs is 1. The molecule has 2 amide bonds. The summed E-state index contributed by atoms with van der Waals surface area (Å²) in [5, 5.41) is 2.72. The maximum absolute atomic E-state index is 12.4. The number of carbonyl (C=O) groups is 3. The minimum absolute atomic E-state index is 0.132. The molecular weight excluding hydrogens is 320 g/mol. The summed E-state index contributed by atoms with van der Waals surface area (Å²) >= 11 is 0. The highest BCUT2D eigenvalue weighted by Gasteiger charge is 2.33. The van der Waals surface area contributed by atoms with Crippen LogP contribution in [0.1, 0.15) is 56.5 Å². The molecule has 6 heteroatoms. The van der Waals surface area contributed by atoms with Crippen LogP contribution in [-0.2, 0) is 16.0 Å². The number of Topliss-reactive ketones (excluding diaryl/α,β-unsaturated/α-hetero) is 1. The van der Waals surface area contributed by atoms with Gasteiger partial charge in [-0.3, -0.25) is 14.4 Å². The van der Waals surface area contributed by atoms with Crippen LogP contribution in [0.15, 0.2) is 18.2 Å². The summed E-state index contributed by atoms with van der Waals surface area (Å²) in [7, 11) is 0. The first-order valence-corrected chi connectivity index (χ1v) is 8.46. The number of rotatable bonds is 6. The molecule has 0 atom stereocenters. The van der Waals surface area contributed by atoms with Crippen molar-refractivity contribution < 1.29 is 19.1 Å². The first-order valence-electron chi connectivity index (χ1n) is 8.46. The Balaban J connectivity index is 2.06. The number of primary amides is 1. The lowest BCUT2D eigenvalue weighted by atomic mass is 9.90. The predicted molar refractivity (Wildman–Crippen MR) is 94.4 cm³/mol. The second-order valence-corrected chi connectivity index (χ2v) is 7.64. The molecule has 3 N–H and O–H groups in total. The molecule has 0 saturated carbocycles. The van der Waals surface area contributed by atoms with E-state index < -0.39 is 16.9 Å². The Bertz CT molecular complexity index is 707. The fourth-order valence-corrected chi connectivity index (χ4v) is 2.63. The van der Waals surface area contributed by atoms with E-state index in [4.69, 9.17) is 10.5 Å². The number of nitrogens with two attached hydrogens (primary N) is 1. The van der Waals surface area contributed by atoms with Gasteiger partial charge in [-0.25, -0.2) is 0 Å². The minimum Gasteiger partial charge on any atom is -0.478 e. The van der Waals surface area contributed by atoms with Crippen molar-refractivity contribution in [3.63, 3.8) is 0 Å². The van der Waals surface area contributed by atoms with E-state index in [1.54, 1.807) is 39.8 Å². The van der Waals surface area contributed by atoms with Crippen molar-refractivity contribution in [2.75, 3.05) is 6.54 Å². The molecular formula is C19H26N2O4. The molecule has 25 heavy (non-hydrogen) atoms. The number of benzene rings is 1. The number of ether oxygens (including phenoxy) is 1. The van der Waals surface area contributed by atoms with Gasteiger partial charge in [0.1, 0.15) is 5.75 Å². The number of hydrogen-bond donors (Lipinski definition) is 2. The zero-order chi connectivity index (χ0) is 18.8. The molecule has 6 nitrogen and oxygen atoms in total. The first-order chi connectivity index (χ1) is 11.5. The number of hydrogen-bond acceptors (Lipinski definition) is 4. The molecule has 0 bridgehead atoms. The Morgan fingerprint density at radius 1 is 1.20 bits per heavy atom. The fourth-order valence-electron chi connectivity index (χ4n) is 2.63. The third-order valence-electron chi connectivity index (χ3n) is 4.50. The first kappa shape index (κ1) is 19.0. The molecule has 0 saturated heterocycles. The Hall–Kier alpha value is -2.37. The van der Waals surface area contributed by atoms with E-state index in [9.17, 15) is 14.4 Å². The summed E-state index contributed by atoms with van der Waals surface area (Å²) in [6.45, 7) is 6.79. The van der Waals surface area contributed by atoms with E-state index in [-0.39, 0.29) is 18.2 Å². The summed E-state index contributed by atoms with van der Waals surface area (Å²) in [6, 6.07) is 5.30. The highest BCUT2D eigenvalue weighted by Crippen LogP contribution is 2.27. The van der Waals surface area contributed by atoms with Gasteiger partial charge in [0.05, 0.1) is 5.41 Å². The Labute approximate surface area is 148 Å². The minimum atomic E-state index is -1.12. The molecule has 0 aliphatic heterocycles. The summed E-state index contributed by atoms with van der Waals surface area (Å²) in [5.74, 6) is -0.122. The van der Waals surface area contributed by atoms with E-state index >= 15 is 0 Å². The molecule has 0 fully saturated rings. The van der Waals surface area contributed by atoms with Crippen LogP contribution in [0.4, 0.5) is 0 Å². The van der Waals surface area contributed by atoms with Crippen molar-refractivity contribution >= 4 is 17.6 Å². The third-order valence-corrected chi connectivity index (χ3v) is 4.50. The smallest absolute Gasteiger partial charge is 0.263 e. The van der Waals surface area contributed by atoms with Gasteiger partial charge in [0.2, 0.25) is 5.91 Å². The van der Waals surface area contributed by atoms with Crippen LogP contribution in [0.3, 0.4) is 0 Å². The lowest BCUT2D eigenvalue weighted by molar-refractivity contribution is -0.135. The molecule has 1 aromatic rings. The molecule has 0 radical (unpaired) electrons. The average Bonchev–Trinajstić information content (AvgIpc) is 2.52. The molecule has 2 rings (SSSR count). The van der Waals surface area contributed by atoms with Gasteiger partial charge in [-0.15, -0.1) is 0 Å². The van der Waals surface area contributed by atoms with E-state index in [2.05, 4.69) is 5.32 Å². The zero-order valence-corrected chi connectivity index (χ0v) is 15.3. The van der Waals surface area contributed by atoms with Gasteiger partial charge < -0.3 is 15.8 Å². The maximum Gasteiger partial charge on any atom is 0.263 e. The number of nitrogens with one attached hydrogen (secondary N) is 1. The van der Waals surface area contributed by atoms with Crippen molar-refractivity contribution in [3.05, 3.63) is 29.3 Å². The van der Waals surface area contributed by atoms with Crippen LogP contribution in [0.5, 0.6) is 5.75 Å². The Morgan fingerprint density at radius 3 is 2.52 bits per heavy atom. The number of aryl methyl sites for hydroxylation is 1. The summed E-state index contributed by atoms with van der Waals surface area (Å²) in [6.07, 6.45) is 2.25. The van der Waals surface area contributed by atoms with Gasteiger partial charge in [-0.1, -0.05) is 0 Å². The SMILES string of the molecule is CC(C)(CNC(=O)C(C)(C)Oc1ccc2c(c1)CCCC2=O)C(N)=O. The van der Waals surface area contributed by atoms with Crippen molar-refractivity contribution in [2.24, 2.45) is 11.1 Å². The van der Waals surface area contributed by atoms with Crippen LogP contribution >= 0.6 is 0 Å². The normalized spacial score (nSPS) is 14.6. The van der Waals surface area contributed by atoms with E-state index in [1.807, 2.05) is 6.07 Å². The topological polar surface area (TPSA) is 98.5 Å². The average molecular weight is 346 g/mol. The van der Waals surface area contributed by atoms with Crippen molar-refractivity contribution in [1.29, 1.82) is 0 Å². The number of carbonyl (C=O) groups excluding carboxylic acids is 3. The molecule has 1 aliphatic carbocycles. The molecule has 0 aromatic heterocycles. The van der Waals surface area contributed by atoms with Crippen LogP contribution < -0.4 is 15.8 Å². The fraction of sp³-hybridized carbons (Fsp3) is 0.526. The van der Waals surface area contributed by atoms with Gasteiger partial charge in [0.25, 0.3) is 5.91 Å². The van der Waals surface area contributed by atoms with E-state index in [1.165, 1.54) is 0 Å². The highest BCUT2D eigenvalue weighted by molar-refractivity contribution is 5.98. The standard InChI is InChI=1S/C19H26N2O4/c1-18(2,16(20)23)11-21-17(24)19(3,4)25-13-8-9-14-12(10-13)6-5-7-15(14)22/h8-10H,5-7,11H2,1-4H3,(H2,20,23)(H,21,24). The van der Waals surface area contributed by atoms with Crippen molar-refractivity contribution in [3.8, 4) is 5.75 Å². The maximum atomic E-state index is 12.4. The van der Waals surface area contributed by atoms with Crippen LogP contribution in [-0.4, -0.2) is 29.7 Å². The summed E-state index contributed by atoms with van der Waals surface area (Å²) in [4.78, 5) is 35.7. The lowest BCUT2D eigenvalue weighted by Gasteiger charge is -2.28. The largest absolute Gasteiger partial charge is 0.478 e. The summed E-state index contributed by atoms with van der Waals surface area (Å²) < 4.78 is 5.85. The van der Waals surface area contributed by atoms with Crippen LogP contribution in [0.25, 0.3) is 0 Å². The predicted octanol–water partition coefficient (Wildman–Crippen LogP) is 1.99. The van der Waals surface area contributed by atoms with Crippen molar-refractivity contribution in [1.82, 2.24) is 5.32 Å². The second-order valence-electron chi connectivity index (χ2n) is 7.64. The highest BCUT2D eigenvalue weighted by atomic mass is 16.5. The Morgan fingerprint density at radius 2 is 1.88 bits per heavy atom. The number of amides is 2. The molecule has 1 aliphatic rings. The monoisotopic (exact) mass is 346 g/mol. The van der Waals surface area contributed by atoms with Gasteiger partial charge >= 0.3 is 0 Å². The van der Waals surface area contributed by atoms with Gasteiger partial charge in [-0.2, -0.15) is 0 Å². The van der Waals surface area contributed by atoms with Gasteiger partial charge in [0.15, 0.2) is 11.4 Å². The zero-order valence-electron chi connectivity index (χ0n) is 15.3. The van der Waals surface area contributed by atoms with Crippen molar-refractivity contribution in [2.45, 2.75) is 52.6 Å². The van der Waals surface area contributed by atoms with E-state index in [0.29, 0.717) is 12.2 Å². The molecule has 136 valence electrons. The lowest BCUT2D eigenvalue weighted by Crippen LogP contribution is -2.51. The Kier molecular flexibility index (Phi) is 5.20. The molecule has 1 aromatic carbocycles. The number of ketones is 1. The van der Waals surface area contributed by atoms with Gasteiger partial charge in [-0.05, 0) is 64.3 Å². The third kappa shape index (κ3) is 4.38. The quantitative estimate of drug-likeness (QED) is 0.823. The van der Waals surface area contributed by atoms with Gasteiger partial charge in [0, 0.05) is 18.5 Å².